The van der Waals surface area contributed by atoms with Gasteiger partial charge in [-0.3, -0.25) is 13.9 Å². The number of rotatable bonds is 11. The minimum atomic E-state index is -4.94. The Labute approximate surface area is 289 Å². The monoisotopic (exact) mass is 738 g/mol. The lowest BCUT2D eigenvalue weighted by atomic mass is 9.47. The Morgan fingerprint density at radius 2 is 1.63 bits per heavy atom. The molecule has 1 heterocycles. The van der Waals surface area contributed by atoms with Gasteiger partial charge in [-0.2, -0.15) is 16.8 Å². The quantitative estimate of drug-likeness (QED) is 0.117. The summed E-state index contributed by atoms with van der Waals surface area (Å²) in [6.45, 7) is 11.5. The van der Waals surface area contributed by atoms with Gasteiger partial charge in [0.1, 0.15) is 24.4 Å². The average Bonchev–Trinajstić information content (AvgIpc) is 3.34. The highest BCUT2D eigenvalue weighted by Crippen LogP contribution is 2.67. The smallest absolute Gasteiger partial charge is 0.387 e. The van der Waals surface area contributed by atoms with Crippen LogP contribution in [0.25, 0.3) is 0 Å². The number of ether oxygens (including phenoxy) is 2. The number of allylic oxidation sites excluding steroid dienone is 2. The van der Waals surface area contributed by atoms with E-state index in [1.165, 1.54) is 12.5 Å². The third-order valence-corrected chi connectivity index (χ3v) is 13.8. The normalized spacial score (nSPS) is 44.0. The number of ketones is 1. The molecular weight excluding hydrogens is 684 g/mol. The molecule has 5 N–H and O–H groups in total. The maximum Gasteiger partial charge on any atom is 0.397 e. The van der Waals surface area contributed by atoms with Gasteiger partial charge in [0.2, 0.25) is 0 Å². The van der Waals surface area contributed by atoms with E-state index in [9.17, 15) is 41.5 Å². The van der Waals surface area contributed by atoms with Crippen LogP contribution >= 0.6 is 0 Å². The maximum absolute atomic E-state index is 12.8. The van der Waals surface area contributed by atoms with Gasteiger partial charge in [0.05, 0.1) is 18.3 Å². The number of fused-ring (bicyclic) bond motifs is 5. The van der Waals surface area contributed by atoms with Gasteiger partial charge in [-0.15, -0.1) is 0 Å². The molecular formula is C33H54O14S2. The molecule has 4 aliphatic carbocycles. The van der Waals surface area contributed by atoms with Crippen molar-refractivity contribution < 1.29 is 63.9 Å². The molecule has 1 aliphatic heterocycles. The first kappa shape index (κ1) is 39.2. The zero-order valence-electron chi connectivity index (χ0n) is 29.0. The van der Waals surface area contributed by atoms with Crippen molar-refractivity contribution in [3.8, 4) is 0 Å². The number of aliphatic hydroxyl groups excluding tert-OH is 3. The highest BCUT2D eigenvalue weighted by atomic mass is 32.3. The van der Waals surface area contributed by atoms with Gasteiger partial charge >= 0.3 is 20.8 Å². The van der Waals surface area contributed by atoms with Crippen LogP contribution in [0.15, 0.2) is 11.6 Å². The topological polar surface area (TPSA) is 223 Å². The van der Waals surface area contributed by atoms with Crippen molar-refractivity contribution in [2.24, 2.45) is 46.3 Å². The van der Waals surface area contributed by atoms with Gasteiger partial charge in [0, 0.05) is 6.42 Å². The van der Waals surface area contributed by atoms with Crippen LogP contribution in [0.1, 0.15) is 92.9 Å². The predicted molar refractivity (Wildman–Crippen MR) is 174 cm³/mol. The first-order valence-corrected chi connectivity index (χ1v) is 20.2. The molecule has 5 aliphatic rings. The first-order valence-electron chi connectivity index (χ1n) is 17.5. The number of carbonyl (C=O) groups is 1. The van der Waals surface area contributed by atoms with Crippen molar-refractivity contribution in [3.05, 3.63) is 11.6 Å². The minimum Gasteiger partial charge on any atom is -0.387 e. The highest BCUT2D eigenvalue weighted by Gasteiger charge is 2.61. The minimum absolute atomic E-state index is 0.00221. The molecule has 0 aromatic rings. The number of aliphatic hydroxyl groups is 3. The van der Waals surface area contributed by atoms with Gasteiger partial charge in [0.15, 0.2) is 12.1 Å². The molecule has 3 saturated carbocycles. The average molecular weight is 739 g/mol. The van der Waals surface area contributed by atoms with E-state index in [-0.39, 0.29) is 40.8 Å². The SMILES string of the molecule is CC(C)C(O)C(=O)CC(C)C1CCC2C3CC(OS(=O)(=O)O)C4CC(OC5OC(C)C(OS(=O)(=O)O)C(O)C5O)CCC4(C)C3=CCC12C. The molecule has 15 unspecified atom stereocenters. The van der Waals surface area contributed by atoms with E-state index in [0.717, 1.165) is 19.3 Å². The zero-order chi connectivity index (χ0) is 36.4. The molecule has 282 valence electrons. The number of hydrogen-bond acceptors (Lipinski definition) is 12. The van der Waals surface area contributed by atoms with E-state index in [1.807, 2.05) is 13.8 Å². The summed E-state index contributed by atoms with van der Waals surface area (Å²) in [4.78, 5) is 12.8. The summed E-state index contributed by atoms with van der Waals surface area (Å²) in [7, 11) is -9.76. The van der Waals surface area contributed by atoms with Crippen LogP contribution in [0.4, 0.5) is 0 Å². The molecule has 0 bridgehead atoms. The van der Waals surface area contributed by atoms with Crippen LogP contribution in [0.5, 0.6) is 0 Å². The fourth-order valence-corrected chi connectivity index (χ4v) is 11.5. The van der Waals surface area contributed by atoms with Crippen LogP contribution in [0, 0.1) is 46.3 Å². The Hall–Kier alpha value is -1.05. The largest absolute Gasteiger partial charge is 0.397 e. The molecule has 0 radical (unpaired) electrons. The Kier molecular flexibility index (Phi) is 11.2. The number of hydrogen-bond donors (Lipinski definition) is 5. The number of carbonyl (C=O) groups excluding carboxylic acids is 1. The van der Waals surface area contributed by atoms with Gasteiger partial charge in [-0.25, -0.2) is 8.37 Å². The third-order valence-electron chi connectivity index (χ3n) is 12.8. The van der Waals surface area contributed by atoms with Crippen molar-refractivity contribution in [3.63, 3.8) is 0 Å². The first-order chi connectivity index (χ1) is 22.6. The van der Waals surface area contributed by atoms with E-state index in [2.05, 4.69) is 31.0 Å². The van der Waals surface area contributed by atoms with Crippen LogP contribution in [0.2, 0.25) is 0 Å². The van der Waals surface area contributed by atoms with Crippen molar-refractivity contribution in [1.29, 1.82) is 0 Å². The van der Waals surface area contributed by atoms with Crippen LogP contribution in [0.3, 0.4) is 0 Å². The molecule has 0 aromatic heterocycles. The summed E-state index contributed by atoms with van der Waals surface area (Å²) < 4.78 is 87.6. The summed E-state index contributed by atoms with van der Waals surface area (Å²) >= 11 is 0. The summed E-state index contributed by atoms with van der Waals surface area (Å²) in [5, 5.41) is 31.7. The molecule has 0 amide bonds. The van der Waals surface area contributed by atoms with Crippen molar-refractivity contribution >= 4 is 26.6 Å². The standard InChI is InChI=1S/C33H54O14S2/c1-16(2)27(35)25(34)13-17(3)21-7-8-22-20-15-26(46-48(38,39)40)24-14-19(9-11-33(24,6)23(20)10-12-32(21,22)5)45-31-29(37)28(36)30(18(4)44-31)47-49(41,42)43/h10,16-22,24,26-31,35-37H,7-9,11-15H2,1-6H3,(H,38,39,40)(H,41,42,43). The summed E-state index contributed by atoms with van der Waals surface area (Å²) in [6.07, 6.45) is -2.96. The summed E-state index contributed by atoms with van der Waals surface area (Å²) in [6, 6.07) is 0. The van der Waals surface area contributed by atoms with E-state index in [1.54, 1.807) is 0 Å². The van der Waals surface area contributed by atoms with E-state index < -0.39 is 81.1 Å². The van der Waals surface area contributed by atoms with Crippen LogP contribution in [-0.2, 0) is 43.4 Å². The van der Waals surface area contributed by atoms with E-state index in [4.69, 9.17) is 18.2 Å². The summed E-state index contributed by atoms with van der Waals surface area (Å²) in [5.41, 5.74) is 0.607. The molecule has 5 rings (SSSR count). The lowest BCUT2D eigenvalue weighted by molar-refractivity contribution is -0.305. The van der Waals surface area contributed by atoms with Crippen molar-refractivity contribution in [2.75, 3.05) is 0 Å². The lowest BCUT2D eigenvalue weighted by Crippen LogP contribution is -2.60. The molecule has 14 nitrogen and oxygen atoms in total. The Bertz CT molecular complexity index is 1480. The molecule has 4 fully saturated rings. The van der Waals surface area contributed by atoms with Gasteiger partial charge in [-0.05, 0) is 98.2 Å². The molecule has 15 atom stereocenters. The number of Topliss-reactive ketones (excluding diaryl/α,β-unsaturated/α-hetero) is 1. The van der Waals surface area contributed by atoms with Crippen molar-refractivity contribution in [1.82, 2.24) is 0 Å². The van der Waals surface area contributed by atoms with Gasteiger partial charge in [0.25, 0.3) is 0 Å². The van der Waals surface area contributed by atoms with Crippen LogP contribution in [-0.4, -0.2) is 96.1 Å². The second-order valence-electron chi connectivity index (χ2n) is 16.1. The molecule has 0 aromatic carbocycles. The molecule has 49 heavy (non-hydrogen) atoms. The lowest BCUT2D eigenvalue weighted by Gasteiger charge is -2.59. The highest BCUT2D eigenvalue weighted by molar-refractivity contribution is 7.81. The molecule has 0 spiro atoms. The second-order valence-corrected chi connectivity index (χ2v) is 18.2. The van der Waals surface area contributed by atoms with Gasteiger partial charge < -0.3 is 24.8 Å². The van der Waals surface area contributed by atoms with Crippen LogP contribution < -0.4 is 0 Å². The fourth-order valence-electron chi connectivity index (χ4n) is 10.4. The van der Waals surface area contributed by atoms with Gasteiger partial charge in [-0.1, -0.05) is 46.3 Å². The fraction of sp³-hybridized carbons (Fsp3) is 0.909. The Morgan fingerprint density at radius 1 is 0.980 bits per heavy atom. The second kappa shape index (κ2) is 14.1. The maximum atomic E-state index is 12.8. The molecule has 16 heteroatoms. The molecule has 1 saturated heterocycles. The zero-order valence-corrected chi connectivity index (χ0v) is 30.7. The van der Waals surface area contributed by atoms with E-state index >= 15 is 0 Å². The Balaban J connectivity index is 1.35. The predicted octanol–water partition coefficient (Wildman–Crippen LogP) is 3.02. The third kappa shape index (κ3) is 7.85. The van der Waals surface area contributed by atoms with E-state index in [0.29, 0.717) is 32.1 Å². The Morgan fingerprint density at radius 3 is 2.24 bits per heavy atom. The summed E-state index contributed by atoms with van der Waals surface area (Å²) in [5.74, 6) is -0.200. The van der Waals surface area contributed by atoms with Crippen molar-refractivity contribution in [2.45, 2.75) is 142 Å².